The van der Waals surface area contributed by atoms with Crippen LogP contribution in [0.4, 0.5) is 10.5 Å². The summed E-state index contributed by atoms with van der Waals surface area (Å²) in [6, 6.07) is 4.81. The molecule has 1 rings (SSSR count). The van der Waals surface area contributed by atoms with Gasteiger partial charge >= 0.3 is 18.0 Å². The number of esters is 1. The molecule has 150 valence electrons. The van der Waals surface area contributed by atoms with Gasteiger partial charge in [0, 0.05) is 5.69 Å². The molecule has 0 aliphatic heterocycles. The van der Waals surface area contributed by atoms with Gasteiger partial charge in [0.2, 0.25) is 0 Å². The summed E-state index contributed by atoms with van der Waals surface area (Å²) < 4.78 is 10.6. The van der Waals surface area contributed by atoms with Crippen LogP contribution in [0.5, 0.6) is 0 Å². The molecule has 0 fully saturated rings. The molecule has 0 heterocycles. The lowest BCUT2D eigenvalue weighted by atomic mass is 10.1. The number of amides is 1. The molecule has 0 spiro atoms. The Hall–Kier alpha value is -2.61. The van der Waals surface area contributed by atoms with Crippen molar-refractivity contribution in [2.24, 2.45) is 5.73 Å². The molecule has 8 heteroatoms. The quantitative estimate of drug-likeness (QED) is 0.754. The molecule has 0 unspecified atom stereocenters. The number of anilines is 1. The van der Waals surface area contributed by atoms with Gasteiger partial charge in [-0.25, -0.2) is 4.79 Å². The van der Waals surface area contributed by atoms with Crippen molar-refractivity contribution in [3.05, 3.63) is 29.8 Å². The van der Waals surface area contributed by atoms with Crippen LogP contribution in [-0.2, 0) is 19.1 Å². The van der Waals surface area contributed by atoms with Gasteiger partial charge in [0.05, 0.1) is 0 Å². The third kappa shape index (κ3) is 7.65. The van der Waals surface area contributed by atoms with Gasteiger partial charge in [0.1, 0.15) is 23.8 Å². The van der Waals surface area contributed by atoms with Crippen LogP contribution >= 0.6 is 0 Å². The maximum absolute atomic E-state index is 12.6. The predicted molar refractivity (Wildman–Crippen MR) is 100 cm³/mol. The van der Waals surface area contributed by atoms with Crippen LogP contribution < -0.4 is 10.6 Å². The number of hydrogen-bond donors (Lipinski definition) is 2. The third-order valence-corrected chi connectivity index (χ3v) is 3.15. The number of aliphatic carboxylic acids is 1. The number of benzene rings is 1. The van der Waals surface area contributed by atoms with E-state index in [4.69, 9.17) is 20.3 Å². The van der Waals surface area contributed by atoms with Crippen molar-refractivity contribution in [3.63, 3.8) is 0 Å². The Morgan fingerprint density at radius 3 is 1.89 bits per heavy atom. The number of carbonyl (C=O) groups is 3. The van der Waals surface area contributed by atoms with Crippen molar-refractivity contribution in [2.45, 2.75) is 58.8 Å². The Bertz CT molecular complexity index is 686. The number of carbonyl (C=O) groups excluding carboxylic acids is 2. The molecule has 3 N–H and O–H groups in total. The van der Waals surface area contributed by atoms with Crippen LogP contribution in [0.2, 0.25) is 0 Å². The van der Waals surface area contributed by atoms with Crippen molar-refractivity contribution in [1.29, 1.82) is 0 Å². The summed E-state index contributed by atoms with van der Waals surface area (Å²) in [4.78, 5) is 36.9. The zero-order valence-corrected chi connectivity index (χ0v) is 16.6. The molecule has 1 atom stereocenters. The lowest BCUT2D eigenvalue weighted by Crippen LogP contribution is -2.42. The second-order valence-corrected chi connectivity index (χ2v) is 8.06. The molecular formula is C19H28N2O6. The number of nitrogens with two attached hydrogens (primary N) is 1. The number of carboxylic acid groups (broad SMARTS) is 1. The van der Waals surface area contributed by atoms with E-state index in [9.17, 15) is 14.4 Å². The number of rotatable bonds is 5. The second-order valence-electron chi connectivity index (χ2n) is 8.06. The molecule has 8 nitrogen and oxygen atoms in total. The first-order chi connectivity index (χ1) is 12.2. The molecular weight excluding hydrogens is 352 g/mol. The maximum Gasteiger partial charge on any atom is 0.415 e. The Morgan fingerprint density at radius 2 is 1.48 bits per heavy atom. The van der Waals surface area contributed by atoms with Crippen LogP contribution in [0.3, 0.4) is 0 Å². The van der Waals surface area contributed by atoms with Gasteiger partial charge in [-0.15, -0.1) is 0 Å². The summed E-state index contributed by atoms with van der Waals surface area (Å²) in [6.07, 6.45) is -0.719. The standard InChI is InChI=1S/C19H28N2O6/c1-18(2,3)26-14(22)11-21(17(25)27-19(4,5)6)13-9-7-12(8-10-13)15(20)16(23)24/h7-10,15H,11,20H2,1-6H3,(H,23,24)/t15-/m0/s1. The fraction of sp³-hybridized carbons (Fsp3) is 0.526. The van der Waals surface area contributed by atoms with Gasteiger partial charge in [-0.1, -0.05) is 12.1 Å². The Kier molecular flexibility index (Phi) is 6.97. The first-order valence-electron chi connectivity index (χ1n) is 8.50. The highest BCUT2D eigenvalue weighted by Gasteiger charge is 2.28. The Balaban J connectivity index is 3.11. The normalized spacial score (nSPS) is 12.9. The lowest BCUT2D eigenvalue weighted by molar-refractivity contribution is -0.153. The first-order valence-corrected chi connectivity index (χ1v) is 8.50. The first kappa shape index (κ1) is 22.4. The number of carboxylic acids is 1. The molecule has 0 radical (unpaired) electrons. The van der Waals surface area contributed by atoms with E-state index in [1.54, 1.807) is 41.5 Å². The topological polar surface area (TPSA) is 119 Å². The smallest absolute Gasteiger partial charge is 0.415 e. The fourth-order valence-electron chi connectivity index (χ4n) is 2.09. The largest absolute Gasteiger partial charge is 0.480 e. The van der Waals surface area contributed by atoms with Gasteiger partial charge in [0.15, 0.2) is 0 Å². The minimum Gasteiger partial charge on any atom is -0.480 e. The van der Waals surface area contributed by atoms with E-state index < -0.39 is 35.3 Å². The van der Waals surface area contributed by atoms with E-state index in [2.05, 4.69) is 0 Å². The number of hydrogen-bond acceptors (Lipinski definition) is 6. The zero-order chi connectivity index (χ0) is 21.0. The molecule has 0 saturated heterocycles. The van der Waals surface area contributed by atoms with E-state index in [-0.39, 0.29) is 6.54 Å². The van der Waals surface area contributed by atoms with Crippen LogP contribution in [0, 0.1) is 0 Å². The number of nitrogens with zero attached hydrogens (tertiary/aromatic N) is 1. The van der Waals surface area contributed by atoms with Crippen LogP contribution in [-0.4, -0.2) is 40.9 Å². The van der Waals surface area contributed by atoms with E-state index in [1.165, 1.54) is 24.3 Å². The Morgan fingerprint density at radius 1 is 1.00 bits per heavy atom. The van der Waals surface area contributed by atoms with Crippen molar-refractivity contribution < 1.29 is 29.0 Å². The van der Waals surface area contributed by atoms with E-state index in [1.807, 2.05) is 0 Å². The summed E-state index contributed by atoms with van der Waals surface area (Å²) in [5.74, 6) is -1.76. The minimum absolute atomic E-state index is 0.351. The highest BCUT2D eigenvalue weighted by atomic mass is 16.6. The fourth-order valence-corrected chi connectivity index (χ4v) is 2.09. The monoisotopic (exact) mass is 380 g/mol. The van der Waals surface area contributed by atoms with E-state index in [0.717, 1.165) is 4.90 Å². The molecule has 0 bridgehead atoms. The van der Waals surface area contributed by atoms with Crippen LogP contribution in [0.1, 0.15) is 53.1 Å². The SMILES string of the molecule is CC(C)(C)OC(=O)CN(C(=O)OC(C)(C)C)c1ccc([C@H](N)C(=O)O)cc1. The molecule has 27 heavy (non-hydrogen) atoms. The van der Waals surface area contributed by atoms with Gasteiger partial charge in [0.25, 0.3) is 0 Å². The summed E-state index contributed by atoms with van der Waals surface area (Å²) >= 11 is 0. The van der Waals surface area contributed by atoms with Crippen molar-refractivity contribution in [2.75, 3.05) is 11.4 Å². The zero-order valence-electron chi connectivity index (χ0n) is 16.6. The predicted octanol–water partition coefficient (Wildman–Crippen LogP) is 2.85. The van der Waals surface area contributed by atoms with E-state index in [0.29, 0.717) is 11.3 Å². The highest BCUT2D eigenvalue weighted by Crippen LogP contribution is 2.22. The molecule has 0 aliphatic carbocycles. The van der Waals surface area contributed by atoms with Gasteiger partial charge < -0.3 is 20.3 Å². The summed E-state index contributed by atoms with van der Waals surface area (Å²) in [5.41, 5.74) is 4.85. The number of ether oxygens (including phenoxy) is 2. The van der Waals surface area contributed by atoms with E-state index >= 15 is 0 Å². The van der Waals surface area contributed by atoms with Crippen LogP contribution in [0.15, 0.2) is 24.3 Å². The average molecular weight is 380 g/mol. The summed E-state index contributed by atoms with van der Waals surface area (Å²) in [6.45, 7) is 9.97. The average Bonchev–Trinajstić information content (AvgIpc) is 2.48. The summed E-state index contributed by atoms with van der Waals surface area (Å²) in [5, 5.41) is 8.99. The van der Waals surface area contributed by atoms with Gasteiger partial charge in [-0.2, -0.15) is 0 Å². The Labute approximate surface area is 159 Å². The van der Waals surface area contributed by atoms with Gasteiger partial charge in [-0.05, 0) is 59.2 Å². The van der Waals surface area contributed by atoms with Crippen molar-refractivity contribution in [1.82, 2.24) is 0 Å². The van der Waals surface area contributed by atoms with Crippen LogP contribution in [0.25, 0.3) is 0 Å². The second kappa shape index (κ2) is 8.39. The maximum atomic E-state index is 12.6. The third-order valence-electron chi connectivity index (χ3n) is 3.15. The van der Waals surface area contributed by atoms with Crippen molar-refractivity contribution >= 4 is 23.7 Å². The molecule has 0 aromatic heterocycles. The van der Waals surface area contributed by atoms with Crippen molar-refractivity contribution in [3.8, 4) is 0 Å². The molecule has 0 aliphatic rings. The molecule has 1 aromatic rings. The van der Waals surface area contributed by atoms with Gasteiger partial charge in [-0.3, -0.25) is 14.5 Å². The minimum atomic E-state index is -1.18. The molecule has 1 aromatic carbocycles. The lowest BCUT2D eigenvalue weighted by Gasteiger charge is -2.28. The molecule has 0 saturated carbocycles. The highest BCUT2D eigenvalue weighted by molar-refractivity contribution is 5.93. The molecule has 1 amide bonds. The summed E-state index contributed by atoms with van der Waals surface area (Å²) in [7, 11) is 0.